The van der Waals surface area contributed by atoms with E-state index in [2.05, 4.69) is 26.5 Å². The number of rotatable bonds is 3. The van der Waals surface area contributed by atoms with Crippen molar-refractivity contribution in [3.63, 3.8) is 0 Å². The van der Waals surface area contributed by atoms with Gasteiger partial charge < -0.3 is 14.7 Å². The number of hydrogen-bond acceptors (Lipinski definition) is 7. The summed E-state index contributed by atoms with van der Waals surface area (Å²) >= 11 is 1.17. The summed E-state index contributed by atoms with van der Waals surface area (Å²) < 4.78 is 3.78. The van der Waals surface area contributed by atoms with Crippen molar-refractivity contribution in [2.45, 2.75) is 18.9 Å². The molecule has 2 aliphatic heterocycles. The number of aromatic nitrogens is 3. The summed E-state index contributed by atoms with van der Waals surface area (Å²) in [6.45, 7) is 3.95. The summed E-state index contributed by atoms with van der Waals surface area (Å²) in [6.07, 6.45) is 3.43. The van der Waals surface area contributed by atoms with Gasteiger partial charge in [0.05, 0.1) is 17.3 Å². The molecule has 27 heavy (non-hydrogen) atoms. The molecule has 0 unspecified atom stereocenters. The first-order chi connectivity index (χ1) is 13.1. The largest absolute Gasteiger partial charge is 0.336 e. The monoisotopic (exact) mass is 386 g/mol. The van der Waals surface area contributed by atoms with Crippen LogP contribution >= 0.6 is 11.5 Å². The Morgan fingerprint density at radius 3 is 2.59 bits per heavy atom. The maximum absolute atomic E-state index is 12.7. The highest BCUT2D eigenvalue weighted by Gasteiger charge is 2.32. The van der Waals surface area contributed by atoms with E-state index in [1.165, 1.54) is 11.5 Å². The molecule has 0 spiro atoms. The Labute approximate surface area is 162 Å². The standard InChI is InChI=1S/C18H22N6O2S/c1-22-7-9-23(10-8-22)17(25)13-4-5-14(19-11-13)16-3-2-6-24(16)18(26)15-12-27-21-20-15/h4-5,11-12,16H,2-3,6-10H2,1H3/t16-/m0/s1. The fourth-order valence-corrected chi connectivity index (χ4v) is 4.07. The SMILES string of the molecule is CN1CCN(C(=O)c2ccc([C@@H]3CCCN3C(=O)c3csnn3)nc2)CC1. The van der Waals surface area contributed by atoms with Crippen LogP contribution in [0.3, 0.4) is 0 Å². The number of pyridine rings is 1. The Morgan fingerprint density at radius 2 is 1.93 bits per heavy atom. The zero-order valence-electron chi connectivity index (χ0n) is 15.2. The van der Waals surface area contributed by atoms with E-state index in [0.29, 0.717) is 17.8 Å². The van der Waals surface area contributed by atoms with Crippen LogP contribution in [0.1, 0.15) is 45.4 Å². The highest BCUT2D eigenvalue weighted by Crippen LogP contribution is 2.32. The van der Waals surface area contributed by atoms with Gasteiger partial charge in [-0.15, -0.1) is 5.10 Å². The molecule has 4 rings (SSSR count). The predicted octanol–water partition coefficient (Wildman–Crippen LogP) is 1.30. The molecule has 0 saturated carbocycles. The molecule has 142 valence electrons. The van der Waals surface area contributed by atoms with Gasteiger partial charge in [-0.1, -0.05) is 4.49 Å². The molecule has 2 amide bonds. The van der Waals surface area contributed by atoms with Crippen molar-refractivity contribution < 1.29 is 9.59 Å². The van der Waals surface area contributed by atoms with Gasteiger partial charge in [0, 0.05) is 44.3 Å². The molecule has 0 aromatic carbocycles. The van der Waals surface area contributed by atoms with Gasteiger partial charge in [0.2, 0.25) is 0 Å². The van der Waals surface area contributed by atoms with E-state index in [1.54, 1.807) is 16.5 Å². The Morgan fingerprint density at radius 1 is 1.11 bits per heavy atom. The molecule has 0 N–H and O–H groups in total. The number of carbonyl (C=O) groups is 2. The van der Waals surface area contributed by atoms with Crippen molar-refractivity contribution >= 4 is 23.3 Å². The van der Waals surface area contributed by atoms with Crippen LogP contribution in [-0.4, -0.2) is 80.9 Å². The van der Waals surface area contributed by atoms with Crippen LogP contribution in [0.2, 0.25) is 0 Å². The van der Waals surface area contributed by atoms with Crippen LogP contribution in [0.15, 0.2) is 23.7 Å². The Balaban J connectivity index is 1.46. The second kappa shape index (κ2) is 7.69. The third-order valence-corrected chi connectivity index (χ3v) is 5.76. The predicted molar refractivity (Wildman–Crippen MR) is 101 cm³/mol. The number of likely N-dealkylation sites (tertiary alicyclic amines) is 1. The van der Waals surface area contributed by atoms with Gasteiger partial charge in [0.25, 0.3) is 11.8 Å². The number of carbonyl (C=O) groups excluding carboxylic acids is 2. The minimum absolute atomic E-state index is 0.0232. The quantitative estimate of drug-likeness (QED) is 0.791. The van der Waals surface area contributed by atoms with Crippen LogP contribution in [0.5, 0.6) is 0 Å². The van der Waals surface area contributed by atoms with Gasteiger partial charge >= 0.3 is 0 Å². The van der Waals surface area contributed by atoms with E-state index in [1.807, 2.05) is 17.0 Å². The van der Waals surface area contributed by atoms with Crippen LogP contribution in [0.25, 0.3) is 0 Å². The van der Waals surface area contributed by atoms with Crippen LogP contribution < -0.4 is 0 Å². The fraction of sp³-hybridized carbons (Fsp3) is 0.500. The number of hydrogen-bond donors (Lipinski definition) is 0. The normalized spacial score (nSPS) is 20.9. The summed E-state index contributed by atoms with van der Waals surface area (Å²) in [4.78, 5) is 35.7. The molecular formula is C18H22N6O2S. The minimum atomic E-state index is -0.106. The minimum Gasteiger partial charge on any atom is -0.336 e. The van der Waals surface area contributed by atoms with Gasteiger partial charge in [0.1, 0.15) is 0 Å². The first-order valence-corrected chi connectivity index (χ1v) is 9.99. The first-order valence-electron chi connectivity index (χ1n) is 9.15. The lowest BCUT2D eigenvalue weighted by molar-refractivity contribution is 0.0661. The molecule has 2 aliphatic rings. The second-order valence-electron chi connectivity index (χ2n) is 7.01. The van der Waals surface area contributed by atoms with Crippen LogP contribution in [-0.2, 0) is 0 Å². The van der Waals surface area contributed by atoms with Crippen molar-refractivity contribution in [3.8, 4) is 0 Å². The third kappa shape index (κ3) is 3.70. The maximum atomic E-state index is 12.7. The van der Waals surface area contributed by atoms with Gasteiger partial charge in [-0.2, -0.15) is 0 Å². The lowest BCUT2D eigenvalue weighted by atomic mass is 10.1. The van der Waals surface area contributed by atoms with E-state index in [-0.39, 0.29) is 17.9 Å². The molecule has 0 aliphatic carbocycles. The number of nitrogens with zero attached hydrogens (tertiary/aromatic N) is 6. The lowest BCUT2D eigenvalue weighted by Gasteiger charge is -2.32. The summed E-state index contributed by atoms with van der Waals surface area (Å²) in [5, 5.41) is 5.56. The number of likely N-dealkylation sites (N-methyl/N-ethyl adjacent to an activating group) is 1. The summed E-state index contributed by atoms with van der Waals surface area (Å²) in [7, 11) is 2.06. The second-order valence-corrected chi connectivity index (χ2v) is 7.62. The van der Waals surface area contributed by atoms with Crippen molar-refractivity contribution in [1.29, 1.82) is 0 Å². The highest BCUT2D eigenvalue weighted by molar-refractivity contribution is 7.03. The molecule has 1 atom stereocenters. The molecule has 4 heterocycles. The molecule has 9 heteroatoms. The van der Waals surface area contributed by atoms with E-state index in [4.69, 9.17) is 0 Å². The summed E-state index contributed by atoms with van der Waals surface area (Å²) in [5.41, 5.74) is 1.80. The Bertz CT molecular complexity index is 802. The van der Waals surface area contributed by atoms with Crippen molar-refractivity contribution in [1.82, 2.24) is 29.3 Å². The first kappa shape index (κ1) is 18.0. The zero-order valence-corrected chi connectivity index (χ0v) is 16.1. The molecule has 0 bridgehead atoms. The summed E-state index contributed by atoms with van der Waals surface area (Å²) in [5.74, 6) is -0.0827. The third-order valence-electron chi connectivity index (χ3n) is 5.26. The number of amides is 2. The topological polar surface area (TPSA) is 82.5 Å². The van der Waals surface area contributed by atoms with Crippen molar-refractivity contribution in [2.24, 2.45) is 0 Å². The van der Waals surface area contributed by atoms with Crippen molar-refractivity contribution in [2.75, 3.05) is 39.8 Å². The van der Waals surface area contributed by atoms with E-state index >= 15 is 0 Å². The molecule has 2 saturated heterocycles. The fourth-order valence-electron chi connectivity index (χ4n) is 3.64. The van der Waals surface area contributed by atoms with Crippen LogP contribution in [0.4, 0.5) is 0 Å². The average molecular weight is 386 g/mol. The van der Waals surface area contributed by atoms with Crippen molar-refractivity contribution in [3.05, 3.63) is 40.7 Å². The molecule has 2 aromatic heterocycles. The van der Waals surface area contributed by atoms with E-state index < -0.39 is 0 Å². The summed E-state index contributed by atoms with van der Waals surface area (Å²) in [6, 6.07) is 3.62. The van der Waals surface area contributed by atoms with Gasteiger partial charge in [-0.25, -0.2) is 0 Å². The molecular weight excluding hydrogens is 364 g/mol. The lowest BCUT2D eigenvalue weighted by Crippen LogP contribution is -2.47. The molecule has 0 radical (unpaired) electrons. The highest BCUT2D eigenvalue weighted by atomic mass is 32.1. The maximum Gasteiger partial charge on any atom is 0.275 e. The zero-order chi connectivity index (χ0) is 18.8. The van der Waals surface area contributed by atoms with Gasteiger partial charge in [-0.3, -0.25) is 14.6 Å². The number of piperazine rings is 1. The average Bonchev–Trinajstić information content (AvgIpc) is 3.40. The van der Waals surface area contributed by atoms with E-state index in [9.17, 15) is 9.59 Å². The molecule has 2 fully saturated rings. The van der Waals surface area contributed by atoms with Crippen LogP contribution in [0, 0.1) is 0 Å². The Hall–Kier alpha value is -2.39. The Kier molecular flexibility index (Phi) is 5.13. The molecule has 2 aromatic rings. The molecule has 8 nitrogen and oxygen atoms in total. The smallest absolute Gasteiger partial charge is 0.275 e. The van der Waals surface area contributed by atoms with E-state index in [0.717, 1.165) is 44.7 Å². The van der Waals surface area contributed by atoms with Gasteiger partial charge in [0.15, 0.2) is 5.69 Å². The van der Waals surface area contributed by atoms with Gasteiger partial charge in [-0.05, 0) is 43.6 Å².